The van der Waals surface area contributed by atoms with Gasteiger partial charge in [0.05, 0.1) is 5.92 Å². The van der Waals surface area contributed by atoms with Gasteiger partial charge in [0.2, 0.25) is 0 Å². The summed E-state index contributed by atoms with van der Waals surface area (Å²) in [7, 11) is 0. The van der Waals surface area contributed by atoms with E-state index in [1.165, 1.54) is 51.4 Å². The Morgan fingerprint density at radius 1 is 0.947 bits per heavy atom. The van der Waals surface area contributed by atoms with Crippen molar-refractivity contribution in [2.75, 3.05) is 0 Å². The molecule has 0 fully saturated rings. The van der Waals surface area contributed by atoms with E-state index in [4.69, 9.17) is 5.11 Å². The highest BCUT2D eigenvalue weighted by molar-refractivity contribution is 5.73. The van der Waals surface area contributed by atoms with Gasteiger partial charge in [-0.1, -0.05) is 71.1 Å². The van der Waals surface area contributed by atoms with E-state index >= 15 is 0 Å². The Hall–Kier alpha value is -0.860. The van der Waals surface area contributed by atoms with Crippen molar-refractivity contribution in [2.45, 2.75) is 84.0 Å². The lowest BCUT2D eigenvalue weighted by atomic mass is 9.97. The molecule has 1 atom stereocenters. The largest absolute Gasteiger partial charge is 0.481 e. The first-order valence-electron chi connectivity index (χ1n) is 7.80. The number of aliphatic carboxylic acids is 1. The van der Waals surface area contributed by atoms with Crippen LogP contribution in [0.15, 0.2) is 0 Å². The predicted molar refractivity (Wildman–Crippen MR) is 77.9 cm³/mol. The molecule has 0 aliphatic rings. The minimum Gasteiger partial charge on any atom is -0.481 e. The summed E-state index contributed by atoms with van der Waals surface area (Å²) >= 11 is 0. The van der Waals surface area contributed by atoms with Crippen molar-refractivity contribution >= 4 is 12.3 Å². The Bertz CT molecular complexity index is 226. The monoisotopic (exact) mass is 269 g/mol. The fourth-order valence-electron chi connectivity index (χ4n) is 2.29. The molecule has 1 radical (unpaired) electrons. The minimum atomic E-state index is -0.862. The molecule has 0 saturated carbocycles. The Morgan fingerprint density at radius 3 is 1.84 bits per heavy atom. The highest BCUT2D eigenvalue weighted by Gasteiger charge is 2.16. The summed E-state index contributed by atoms with van der Waals surface area (Å²) in [5.41, 5.74) is 0. The standard InChI is InChI=1S/C16H29O3/c1-2-3-4-5-6-7-8-9-10-11-12-15(13-14-17)16(18)19/h15H,2-13H2,1H3,(H,18,19). The maximum absolute atomic E-state index is 10.8. The Morgan fingerprint density at radius 2 is 1.42 bits per heavy atom. The summed E-state index contributed by atoms with van der Waals surface area (Å²) in [6.07, 6.45) is 14.8. The van der Waals surface area contributed by atoms with Crippen LogP contribution in [0.1, 0.15) is 84.0 Å². The number of carboxylic acids is 1. The summed E-state index contributed by atoms with van der Waals surface area (Å²) in [5, 5.41) is 8.87. The SMILES string of the molecule is CCCCCCCCCCCCC(C[C]=O)C(=O)O. The van der Waals surface area contributed by atoms with E-state index in [1.807, 2.05) is 0 Å². The van der Waals surface area contributed by atoms with E-state index in [0.717, 1.165) is 12.8 Å². The van der Waals surface area contributed by atoms with E-state index in [-0.39, 0.29) is 6.42 Å². The molecule has 0 aliphatic carbocycles. The van der Waals surface area contributed by atoms with Gasteiger partial charge in [-0.2, -0.15) is 0 Å². The zero-order chi connectivity index (χ0) is 14.3. The first kappa shape index (κ1) is 18.1. The van der Waals surface area contributed by atoms with Gasteiger partial charge < -0.3 is 5.11 Å². The zero-order valence-electron chi connectivity index (χ0n) is 12.3. The fourth-order valence-corrected chi connectivity index (χ4v) is 2.29. The third-order valence-electron chi connectivity index (χ3n) is 3.59. The molecule has 0 saturated heterocycles. The third kappa shape index (κ3) is 11.9. The minimum absolute atomic E-state index is 0.0345. The third-order valence-corrected chi connectivity index (χ3v) is 3.59. The fraction of sp³-hybridized carbons (Fsp3) is 0.875. The van der Waals surface area contributed by atoms with E-state index < -0.39 is 11.9 Å². The quantitative estimate of drug-likeness (QED) is 0.472. The Kier molecular flexibility index (Phi) is 13.0. The number of carbonyl (C=O) groups is 1. The molecule has 0 aliphatic heterocycles. The predicted octanol–water partition coefficient (Wildman–Crippen LogP) is 4.50. The molecule has 0 heterocycles. The topological polar surface area (TPSA) is 54.4 Å². The maximum Gasteiger partial charge on any atom is 0.306 e. The number of hydrogen-bond donors (Lipinski definition) is 1. The smallest absolute Gasteiger partial charge is 0.306 e. The maximum atomic E-state index is 10.8. The van der Waals surface area contributed by atoms with Gasteiger partial charge in [0, 0.05) is 6.42 Å². The van der Waals surface area contributed by atoms with Crippen LogP contribution >= 0.6 is 0 Å². The van der Waals surface area contributed by atoms with Crippen molar-refractivity contribution in [3.63, 3.8) is 0 Å². The van der Waals surface area contributed by atoms with Crippen LogP contribution < -0.4 is 0 Å². The number of rotatable bonds is 14. The normalized spacial score (nSPS) is 12.3. The summed E-state index contributed by atoms with van der Waals surface area (Å²) in [6.45, 7) is 2.23. The molecule has 0 amide bonds. The molecular formula is C16H29O3. The van der Waals surface area contributed by atoms with E-state index in [0.29, 0.717) is 6.42 Å². The van der Waals surface area contributed by atoms with Crippen LogP contribution in [0, 0.1) is 5.92 Å². The average molecular weight is 269 g/mol. The van der Waals surface area contributed by atoms with Gasteiger partial charge >= 0.3 is 5.97 Å². The Labute approximate surface area is 117 Å². The second-order valence-electron chi connectivity index (χ2n) is 5.35. The van der Waals surface area contributed by atoms with E-state index in [2.05, 4.69) is 6.92 Å². The number of hydrogen-bond acceptors (Lipinski definition) is 2. The molecule has 1 N–H and O–H groups in total. The van der Waals surface area contributed by atoms with Gasteiger partial charge in [-0.3, -0.25) is 9.59 Å². The molecule has 3 nitrogen and oxygen atoms in total. The summed E-state index contributed by atoms with van der Waals surface area (Å²) in [4.78, 5) is 21.0. The van der Waals surface area contributed by atoms with Gasteiger partial charge in [0.25, 0.3) is 0 Å². The zero-order valence-corrected chi connectivity index (χ0v) is 12.3. The van der Waals surface area contributed by atoms with Crippen LogP contribution in [0.2, 0.25) is 0 Å². The van der Waals surface area contributed by atoms with Gasteiger partial charge in [-0.15, -0.1) is 0 Å². The van der Waals surface area contributed by atoms with Crippen LogP contribution in [0.25, 0.3) is 0 Å². The molecule has 19 heavy (non-hydrogen) atoms. The summed E-state index contributed by atoms with van der Waals surface area (Å²) in [5.74, 6) is -1.38. The lowest BCUT2D eigenvalue weighted by molar-refractivity contribution is -0.141. The molecule has 0 aromatic carbocycles. The number of carboxylic acid groups (broad SMARTS) is 1. The first-order chi connectivity index (χ1) is 9.22. The van der Waals surface area contributed by atoms with Crippen molar-refractivity contribution in [1.82, 2.24) is 0 Å². The molecule has 3 heteroatoms. The van der Waals surface area contributed by atoms with Crippen molar-refractivity contribution < 1.29 is 14.7 Å². The second kappa shape index (κ2) is 13.6. The highest BCUT2D eigenvalue weighted by Crippen LogP contribution is 2.15. The molecule has 0 aromatic heterocycles. The van der Waals surface area contributed by atoms with Crippen LogP contribution in [0.3, 0.4) is 0 Å². The first-order valence-corrected chi connectivity index (χ1v) is 7.80. The van der Waals surface area contributed by atoms with Crippen molar-refractivity contribution in [3.05, 3.63) is 0 Å². The van der Waals surface area contributed by atoms with Crippen LogP contribution in [0.5, 0.6) is 0 Å². The van der Waals surface area contributed by atoms with Crippen LogP contribution in [-0.2, 0) is 9.59 Å². The molecule has 0 spiro atoms. The number of carbonyl (C=O) groups excluding carboxylic acids is 1. The molecular weight excluding hydrogens is 240 g/mol. The highest BCUT2D eigenvalue weighted by atomic mass is 16.4. The molecule has 0 bridgehead atoms. The molecule has 111 valence electrons. The average Bonchev–Trinajstić information content (AvgIpc) is 2.39. The van der Waals surface area contributed by atoms with Gasteiger partial charge in [-0.25, -0.2) is 0 Å². The number of unbranched alkanes of at least 4 members (excludes halogenated alkanes) is 9. The molecule has 0 rings (SSSR count). The van der Waals surface area contributed by atoms with Gasteiger partial charge in [0.15, 0.2) is 6.29 Å². The van der Waals surface area contributed by atoms with E-state index in [9.17, 15) is 9.59 Å². The van der Waals surface area contributed by atoms with Crippen molar-refractivity contribution in [3.8, 4) is 0 Å². The van der Waals surface area contributed by atoms with Gasteiger partial charge in [-0.05, 0) is 6.42 Å². The molecule has 1 unspecified atom stereocenters. The van der Waals surface area contributed by atoms with Crippen molar-refractivity contribution in [2.24, 2.45) is 5.92 Å². The van der Waals surface area contributed by atoms with E-state index in [1.54, 1.807) is 6.29 Å². The van der Waals surface area contributed by atoms with Crippen molar-refractivity contribution in [1.29, 1.82) is 0 Å². The van der Waals surface area contributed by atoms with Crippen LogP contribution in [0.4, 0.5) is 0 Å². The Balaban J connectivity index is 3.29. The lowest BCUT2D eigenvalue weighted by Gasteiger charge is -2.08. The van der Waals surface area contributed by atoms with Gasteiger partial charge in [0.1, 0.15) is 0 Å². The summed E-state index contributed by atoms with van der Waals surface area (Å²) in [6, 6.07) is 0. The molecule has 0 aromatic rings. The second-order valence-corrected chi connectivity index (χ2v) is 5.35. The lowest BCUT2D eigenvalue weighted by Crippen LogP contribution is -2.13. The van der Waals surface area contributed by atoms with Crippen LogP contribution in [-0.4, -0.2) is 17.4 Å². The summed E-state index contributed by atoms with van der Waals surface area (Å²) < 4.78 is 0.